The normalized spacial score (nSPS) is 12.2. The van der Waals surface area contributed by atoms with Crippen molar-refractivity contribution in [2.75, 3.05) is 23.6 Å². The molecular formula is C12H18N2OS2. The van der Waals surface area contributed by atoms with Gasteiger partial charge < -0.3 is 11.1 Å². The molecule has 0 saturated heterocycles. The first-order valence-electron chi connectivity index (χ1n) is 5.37. The van der Waals surface area contributed by atoms with Crippen molar-refractivity contribution in [2.24, 2.45) is 5.73 Å². The van der Waals surface area contributed by atoms with Gasteiger partial charge in [-0.1, -0.05) is 12.1 Å². The molecule has 0 aromatic heterocycles. The van der Waals surface area contributed by atoms with Gasteiger partial charge in [0.2, 0.25) is 5.91 Å². The number of hydrogen-bond acceptors (Lipinski definition) is 4. The van der Waals surface area contributed by atoms with Gasteiger partial charge in [0.1, 0.15) is 0 Å². The molecule has 1 amide bonds. The summed E-state index contributed by atoms with van der Waals surface area (Å²) in [5.74, 6) is 0.791. The number of anilines is 1. The zero-order valence-electron chi connectivity index (χ0n) is 10.1. The summed E-state index contributed by atoms with van der Waals surface area (Å²) < 4.78 is 0. The number of nitrogens with two attached hydrogens (primary N) is 1. The molecule has 0 aliphatic rings. The Morgan fingerprint density at radius 1 is 1.41 bits per heavy atom. The molecule has 1 rings (SSSR count). The van der Waals surface area contributed by atoms with Gasteiger partial charge in [0, 0.05) is 4.90 Å². The molecule has 0 spiro atoms. The van der Waals surface area contributed by atoms with Gasteiger partial charge in [-0.25, -0.2) is 0 Å². The number of amides is 1. The maximum atomic E-state index is 11.8. The predicted octanol–water partition coefficient (Wildman–Crippen LogP) is 2.43. The molecule has 0 aliphatic carbocycles. The molecule has 0 saturated carbocycles. The highest BCUT2D eigenvalue weighted by molar-refractivity contribution is 7.98. The molecule has 0 fully saturated rings. The van der Waals surface area contributed by atoms with E-state index in [0.717, 1.165) is 16.3 Å². The van der Waals surface area contributed by atoms with Crippen LogP contribution in [0, 0.1) is 0 Å². The van der Waals surface area contributed by atoms with E-state index >= 15 is 0 Å². The molecule has 0 unspecified atom stereocenters. The van der Waals surface area contributed by atoms with Gasteiger partial charge >= 0.3 is 0 Å². The Bertz CT molecular complexity index is 371. The van der Waals surface area contributed by atoms with Crippen LogP contribution in [0.15, 0.2) is 29.2 Å². The topological polar surface area (TPSA) is 55.1 Å². The molecule has 1 aromatic rings. The quantitative estimate of drug-likeness (QED) is 0.780. The van der Waals surface area contributed by atoms with E-state index in [1.54, 1.807) is 23.5 Å². The van der Waals surface area contributed by atoms with E-state index in [1.807, 2.05) is 36.8 Å². The third kappa shape index (κ3) is 4.61. The fraction of sp³-hybridized carbons (Fsp3) is 0.417. The first-order chi connectivity index (χ1) is 8.19. The van der Waals surface area contributed by atoms with Crippen LogP contribution in [-0.4, -0.2) is 30.2 Å². The molecular weight excluding hydrogens is 252 g/mol. The van der Waals surface area contributed by atoms with Gasteiger partial charge in [0.05, 0.1) is 11.7 Å². The first kappa shape index (κ1) is 14.4. The summed E-state index contributed by atoms with van der Waals surface area (Å²) in [5.41, 5.74) is 6.65. The van der Waals surface area contributed by atoms with Crippen LogP contribution in [0.3, 0.4) is 0 Å². The summed E-state index contributed by atoms with van der Waals surface area (Å²) in [6.07, 6.45) is 4.70. The van der Waals surface area contributed by atoms with Gasteiger partial charge in [-0.05, 0) is 36.8 Å². The SMILES string of the molecule is CSCC[C@@H](N)C(=O)Nc1ccccc1SC. The Kier molecular flexibility index (Phi) is 6.47. The van der Waals surface area contributed by atoms with Gasteiger partial charge in [-0.15, -0.1) is 11.8 Å². The number of nitrogens with one attached hydrogen (secondary N) is 1. The molecule has 0 aliphatic heterocycles. The molecule has 3 nitrogen and oxygen atoms in total. The highest BCUT2D eigenvalue weighted by Gasteiger charge is 2.14. The summed E-state index contributed by atoms with van der Waals surface area (Å²) in [5, 5.41) is 2.88. The largest absolute Gasteiger partial charge is 0.324 e. The zero-order valence-corrected chi connectivity index (χ0v) is 11.7. The Labute approximate surface area is 111 Å². The van der Waals surface area contributed by atoms with Gasteiger partial charge in [-0.2, -0.15) is 11.8 Å². The minimum absolute atomic E-state index is 0.111. The van der Waals surface area contributed by atoms with Crippen molar-refractivity contribution in [3.63, 3.8) is 0 Å². The van der Waals surface area contributed by atoms with Crippen LogP contribution >= 0.6 is 23.5 Å². The average molecular weight is 270 g/mol. The smallest absolute Gasteiger partial charge is 0.241 e. The Balaban J connectivity index is 2.61. The number of carbonyl (C=O) groups is 1. The fourth-order valence-electron chi connectivity index (χ4n) is 1.35. The minimum atomic E-state index is -0.433. The van der Waals surface area contributed by atoms with Crippen LogP contribution in [0.4, 0.5) is 5.69 Å². The molecule has 0 radical (unpaired) electrons. The maximum Gasteiger partial charge on any atom is 0.241 e. The number of rotatable bonds is 6. The minimum Gasteiger partial charge on any atom is -0.324 e. The van der Waals surface area contributed by atoms with Crippen LogP contribution in [0.25, 0.3) is 0 Å². The van der Waals surface area contributed by atoms with E-state index in [4.69, 9.17) is 5.73 Å². The van der Waals surface area contributed by atoms with E-state index in [2.05, 4.69) is 5.32 Å². The monoisotopic (exact) mass is 270 g/mol. The molecule has 0 heterocycles. The lowest BCUT2D eigenvalue weighted by molar-refractivity contribution is -0.117. The fourth-order valence-corrected chi connectivity index (χ4v) is 2.39. The summed E-state index contributed by atoms with van der Waals surface area (Å²) >= 11 is 3.30. The predicted molar refractivity (Wildman–Crippen MR) is 77.8 cm³/mol. The Hall–Kier alpha value is -0.650. The second-order valence-electron chi connectivity index (χ2n) is 3.58. The van der Waals surface area contributed by atoms with Crippen molar-refractivity contribution in [1.82, 2.24) is 0 Å². The molecule has 1 atom stereocenters. The number of benzene rings is 1. The maximum absolute atomic E-state index is 11.8. The van der Waals surface area contributed by atoms with Crippen molar-refractivity contribution in [3.05, 3.63) is 24.3 Å². The molecule has 5 heteroatoms. The average Bonchev–Trinajstić information content (AvgIpc) is 2.36. The van der Waals surface area contributed by atoms with E-state index in [-0.39, 0.29) is 5.91 Å². The molecule has 0 bridgehead atoms. The van der Waals surface area contributed by atoms with Crippen molar-refractivity contribution >= 4 is 35.1 Å². The summed E-state index contributed by atoms with van der Waals surface area (Å²) in [6.45, 7) is 0. The van der Waals surface area contributed by atoms with Gasteiger partial charge in [0.25, 0.3) is 0 Å². The van der Waals surface area contributed by atoms with Crippen LogP contribution in [-0.2, 0) is 4.79 Å². The van der Waals surface area contributed by atoms with E-state index in [9.17, 15) is 4.79 Å². The standard InChI is InChI=1S/C12H18N2OS2/c1-16-8-7-9(13)12(15)14-10-5-3-4-6-11(10)17-2/h3-6,9H,7-8,13H2,1-2H3,(H,14,15)/t9-/m1/s1. The van der Waals surface area contributed by atoms with E-state index in [0.29, 0.717) is 6.42 Å². The van der Waals surface area contributed by atoms with E-state index in [1.165, 1.54) is 0 Å². The Morgan fingerprint density at radius 2 is 2.12 bits per heavy atom. The lowest BCUT2D eigenvalue weighted by Crippen LogP contribution is -2.36. The van der Waals surface area contributed by atoms with Crippen molar-refractivity contribution in [3.8, 4) is 0 Å². The van der Waals surface area contributed by atoms with Crippen LogP contribution in [0.1, 0.15) is 6.42 Å². The molecule has 3 N–H and O–H groups in total. The zero-order chi connectivity index (χ0) is 12.7. The van der Waals surface area contributed by atoms with E-state index < -0.39 is 6.04 Å². The highest BCUT2D eigenvalue weighted by atomic mass is 32.2. The molecule has 1 aromatic carbocycles. The lowest BCUT2D eigenvalue weighted by atomic mass is 10.2. The van der Waals surface area contributed by atoms with Gasteiger partial charge in [0.15, 0.2) is 0 Å². The summed E-state index contributed by atoms with van der Waals surface area (Å²) in [7, 11) is 0. The van der Waals surface area contributed by atoms with Crippen molar-refractivity contribution < 1.29 is 4.79 Å². The number of para-hydroxylation sites is 1. The van der Waals surface area contributed by atoms with Crippen molar-refractivity contribution in [1.29, 1.82) is 0 Å². The second kappa shape index (κ2) is 7.63. The van der Waals surface area contributed by atoms with Crippen LogP contribution in [0.5, 0.6) is 0 Å². The van der Waals surface area contributed by atoms with Crippen molar-refractivity contribution in [2.45, 2.75) is 17.4 Å². The van der Waals surface area contributed by atoms with Crippen LogP contribution < -0.4 is 11.1 Å². The number of carbonyl (C=O) groups excluding carboxylic acids is 1. The summed E-state index contributed by atoms with van der Waals surface area (Å²) in [6, 6.07) is 7.30. The van der Waals surface area contributed by atoms with Gasteiger partial charge in [-0.3, -0.25) is 4.79 Å². The molecule has 94 valence electrons. The third-order valence-corrected chi connectivity index (χ3v) is 3.77. The third-order valence-electron chi connectivity index (χ3n) is 2.33. The number of hydrogen-bond donors (Lipinski definition) is 2. The van der Waals surface area contributed by atoms with Crippen LogP contribution in [0.2, 0.25) is 0 Å². The molecule has 17 heavy (non-hydrogen) atoms. The number of thioether (sulfide) groups is 2. The second-order valence-corrected chi connectivity index (χ2v) is 5.41. The highest BCUT2D eigenvalue weighted by Crippen LogP contribution is 2.24. The first-order valence-corrected chi connectivity index (χ1v) is 7.99. The summed E-state index contributed by atoms with van der Waals surface area (Å²) in [4.78, 5) is 12.9. The Morgan fingerprint density at radius 3 is 2.76 bits per heavy atom. The lowest BCUT2D eigenvalue weighted by Gasteiger charge is -2.13.